The summed E-state index contributed by atoms with van der Waals surface area (Å²) in [6, 6.07) is 17.4. The van der Waals surface area contributed by atoms with Crippen molar-refractivity contribution in [1.82, 2.24) is 10.2 Å². The van der Waals surface area contributed by atoms with Crippen molar-refractivity contribution >= 4 is 17.9 Å². The largest absolute Gasteiger partial charge is 0.497 e. The molecule has 0 saturated carbocycles. The molecule has 1 heterocycles. The van der Waals surface area contributed by atoms with E-state index in [1.165, 1.54) is 0 Å². The summed E-state index contributed by atoms with van der Waals surface area (Å²) in [5.74, 6) is 0.817. The van der Waals surface area contributed by atoms with Crippen LogP contribution in [0.4, 0.5) is 0 Å². The molecular weight excluding hydrogens is 352 g/mol. The van der Waals surface area contributed by atoms with E-state index in [2.05, 4.69) is 5.32 Å². The molecule has 5 nitrogen and oxygen atoms in total. The van der Waals surface area contributed by atoms with Gasteiger partial charge in [0.05, 0.1) is 7.11 Å². The molecule has 0 unspecified atom stereocenters. The Morgan fingerprint density at radius 3 is 2.39 bits per heavy atom. The molecule has 146 valence electrons. The molecule has 2 aromatic carbocycles. The quantitative estimate of drug-likeness (QED) is 0.785. The van der Waals surface area contributed by atoms with Crippen molar-refractivity contribution in [3.8, 4) is 5.75 Å². The number of hydrogen-bond acceptors (Lipinski definition) is 3. The van der Waals surface area contributed by atoms with E-state index in [1.54, 1.807) is 13.2 Å². The van der Waals surface area contributed by atoms with E-state index in [-0.39, 0.29) is 17.7 Å². The van der Waals surface area contributed by atoms with Crippen molar-refractivity contribution in [1.29, 1.82) is 0 Å². The highest BCUT2D eigenvalue weighted by Gasteiger charge is 2.26. The topological polar surface area (TPSA) is 58.6 Å². The van der Waals surface area contributed by atoms with E-state index in [0.717, 1.165) is 16.9 Å². The average Bonchev–Trinajstić information content (AvgIpc) is 2.77. The third kappa shape index (κ3) is 5.46. The smallest absolute Gasteiger partial charge is 0.246 e. The first-order valence-electron chi connectivity index (χ1n) is 9.58. The lowest BCUT2D eigenvalue weighted by molar-refractivity contribution is -0.132. The van der Waals surface area contributed by atoms with E-state index in [1.807, 2.05) is 65.6 Å². The van der Waals surface area contributed by atoms with Crippen molar-refractivity contribution < 1.29 is 14.3 Å². The van der Waals surface area contributed by atoms with Crippen LogP contribution in [0.2, 0.25) is 0 Å². The molecule has 2 amide bonds. The Morgan fingerprint density at radius 2 is 1.75 bits per heavy atom. The number of carbonyl (C=O) groups excluding carboxylic acids is 2. The van der Waals surface area contributed by atoms with Crippen LogP contribution in [0.1, 0.15) is 24.0 Å². The lowest BCUT2D eigenvalue weighted by Crippen LogP contribution is -2.42. The molecule has 3 rings (SSSR count). The SMILES string of the molecule is COc1ccc(CNC(=O)C2CCN(C(=O)C=Cc3ccccc3)CC2)cc1. The van der Waals surface area contributed by atoms with Crippen molar-refractivity contribution in [3.05, 3.63) is 71.8 Å². The summed E-state index contributed by atoms with van der Waals surface area (Å²) >= 11 is 0. The Balaban J connectivity index is 1.43. The van der Waals surface area contributed by atoms with Crippen LogP contribution < -0.4 is 10.1 Å². The highest BCUT2D eigenvalue weighted by Crippen LogP contribution is 2.18. The van der Waals surface area contributed by atoms with Gasteiger partial charge in [0.1, 0.15) is 5.75 Å². The molecule has 1 aliphatic heterocycles. The van der Waals surface area contributed by atoms with Gasteiger partial charge in [-0.2, -0.15) is 0 Å². The number of rotatable bonds is 6. The predicted molar refractivity (Wildman–Crippen MR) is 110 cm³/mol. The molecule has 0 spiro atoms. The van der Waals surface area contributed by atoms with E-state index < -0.39 is 0 Å². The third-order valence-corrected chi connectivity index (χ3v) is 5.02. The van der Waals surface area contributed by atoms with Gasteiger partial charge in [0, 0.05) is 31.6 Å². The number of likely N-dealkylation sites (tertiary alicyclic amines) is 1. The third-order valence-electron chi connectivity index (χ3n) is 5.02. The molecule has 1 N–H and O–H groups in total. The Labute approximate surface area is 166 Å². The van der Waals surface area contributed by atoms with Crippen LogP contribution in [-0.4, -0.2) is 36.9 Å². The van der Waals surface area contributed by atoms with Gasteiger partial charge >= 0.3 is 0 Å². The standard InChI is InChI=1S/C23H26N2O3/c1-28-21-10-7-19(8-11-21)17-24-23(27)20-13-15-25(16-14-20)22(26)12-9-18-5-3-2-4-6-18/h2-12,20H,13-17H2,1H3,(H,24,27). The monoisotopic (exact) mass is 378 g/mol. The first-order valence-corrected chi connectivity index (χ1v) is 9.58. The number of piperidine rings is 1. The van der Waals surface area contributed by atoms with Gasteiger partial charge in [0.25, 0.3) is 0 Å². The maximum atomic E-state index is 12.4. The number of methoxy groups -OCH3 is 1. The van der Waals surface area contributed by atoms with Crippen LogP contribution >= 0.6 is 0 Å². The fourth-order valence-corrected chi connectivity index (χ4v) is 3.28. The maximum absolute atomic E-state index is 12.4. The molecule has 28 heavy (non-hydrogen) atoms. The highest BCUT2D eigenvalue weighted by molar-refractivity contribution is 5.92. The van der Waals surface area contributed by atoms with Crippen LogP contribution in [0, 0.1) is 5.92 Å². The Hall–Kier alpha value is -3.08. The van der Waals surface area contributed by atoms with Crippen LogP contribution in [0.5, 0.6) is 5.75 Å². The fraction of sp³-hybridized carbons (Fsp3) is 0.304. The number of hydrogen-bond donors (Lipinski definition) is 1. The zero-order chi connectivity index (χ0) is 19.8. The maximum Gasteiger partial charge on any atom is 0.246 e. The molecule has 0 aromatic heterocycles. The summed E-state index contributed by atoms with van der Waals surface area (Å²) in [5, 5.41) is 3.00. The number of carbonyl (C=O) groups is 2. The van der Waals surface area contributed by atoms with Crippen molar-refractivity contribution in [3.63, 3.8) is 0 Å². The summed E-state index contributed by atoms with van der Waals surface area (Å²) in [5.41, 5.74) is 2.04. The first-order chi connectivity index (χ1) is 13.7. The van der Waals surface area contributed by atoms with Gasteiger partial charge in [-0.25, -0.2) is 0 Å². The second-order valence-electron chi connectivity index (χ2n) is 6.91. The fourth-order valence-electron chi connectivity index (χ4n) is 3.28. The minimum atomic E-state index is -0.0413. The van der Waals surface area contributed by atoms with E-state index in [0.29, 0.717) is 32.5 Å². The Kier molecular flexibility index (Phi) is 6.84. The minimum Gasteiger partial charge on any atom is -0.497 e. The van der Waals surface area contributed by atoms with E-state index >= 15 is 0 Å². The highest BCUT2D eigenvalue weighted by atomic mass is 16.5. The van der Waals surface area contributed by atoms with Crippen molar-refractivity contribution in [2.75, 3.05) is 20.2 Å². The van der Waals surface area contributed by atoms with Crippen LogP contribution in [0.15, 0.2) is 60.7 Å². The molecular formula is C23H26N2O3. The average molecular weight is 378 g/mol. The van der Waals surface area contributed by atoms with Gasteiger partial charge in [0.15, 0.2) is 0 Å². The molecule has 0 radical (unpaired) electrons. The summed E-state index contributed by atoms with van der Waals surface area (Å²) in [4.78, 5) is 26.6. The van der Waals surface area contributed by atoms with Gasteiger partial charge in [-0.3, -0.25) is 9.59 Å². The number of nitrogens with one attached hydrogen (secondary N) is 1. The molecule has 0 aliphatic carbocycles. The van der Waals surface area contributed by atoms with Crippen LogP contribution in [-0.2, 0) is 16.1 Å². The molecule has 1 fully saturated rings. The lowest BCUT2D eigenvalue weighted by atomic mass is 9.95. The van der Waals surface area contributed by atoms with Gasteiger partial charge in [-0.05, 0) is 42.2 Å². The van der Waals surface area contributed by atoms with Gasteiger partial charge in [-0.15, -0.1) is 0 Å². The molecule has 0 bridgehead atoms. The van der Waals surface area contributed by atoms with Gasteiger partial charge in [0.2, 0.25) is 11.8 Å². The number of amides is 2. The summed E-state index contributed by atoms with van der Waals surface area (Å²) in [7, 11) is 1.63. The zero-order valence-electron chi connectivity index (χ0n) is 16.1. The van der Waals surface area contributed by atoms with Crippen molar-refractivity contribution in [2.45, 2.75) is 19.4 Å². The van der Waals surface area contributed by atoms with Gasteiger partial charge in [-0.1, -0.05) is 42.5 Å². The Morgan fingerprint density at radius 1 is 1.07 bits per heavy atom. The molecule has 5 heteroatoms. The number of ether oxygens (including phenoxy) is 1. The van der Waals surface area contributed by atoms with E-state index in [9.17, 15) is 9.59 Å². The summed E-state index contributed by atoms with van der Waals surface area (Å²) in [6.45, 7) is 1.72. The minimum absolute atomic E-state index is 0.000874. The summed E-state index contributed by atoms with van der Waals surface area (Å²) < 4.78 is 5.14. The second-order valence-corrected chi connectivity index (χ2v) is 6.91. The lowest BCUT2D eigenvalue weighted by Gasteiger charge is -2.30. The molecule has 2 aromatic rings. The molecule has 1 aliphatic rings. The number of benzene rings is 2. The van der Waals surface area contributed by atoms with Crippen LogP contribution in [0.3, 0.4) is 0 Å². The first kappa shape index (κ1) is 19.7. The van der Waals surface area contributed by atoms with Crippen molar-refractivity contribution in [2.24, 2.45) is 5.92 Å². The van der Waals surface area contributed by atoms with E-state index in [4.69, 9.17) is 4.74 Å². The Bertz CT molecular complexity index is 808. The molecule has 1 saturated heterocycles. The predicted octanol–water partition coefficient (Wildman–Crippen LogP) is 3.26. The second kappa shape index (κ2) is 9.74. The molecule has 0 atom stereocenters. The number of nitrogens with zero attached hydrogens (tertiary/aromatic N) is 1. The zero-order valence-corrected chi connectivity index (χ0v) is 16.1. The van der Waals surface area contributed by atoms with Crippen LogP contribution in [0.25, 0.3) is 6.08 Å². The normalized spacial score (nSPS) is 14.8. The summed E-state index contributed by atoms with van der Waals surface area (Å²) in [6.07, 6.45) is 4.83. The van der Waals surface area contributed by atoms with Gasteiger partial charge < -0.3 is 15.0 Å².